The third-order valence-electron chi connectivity index (χ3n) is 4.84. The zero-order valence-electron chi connectivity index (χ0n) is 16.7. The lowest BCUT2D eigenvalue weighted by molar-refractivity contribution is 0.175. The van der Waals surface area contributed by atoms with E-state index in [9.17, 15) is 5.11 Å². The van der Waals surface area contributed by atoms with Crippen LogP contribution in [0.1, 0.15) is 40.0 Å². The lowest BCUT2D eigenvalue weighted by Gasteiger charge is -2.30. The van der Waals surface area contributed by atoms with Crippen LogP contribution in [0, 0.1) is 5.41 Å². The number of benzene rings is 1. The number of nitrogens with zero attached hydrogens (tertiary/aromatic N) is 2. The zero-order chi connectivity index (χ0) is 18.5. The number of aliphatic imine (C=N–C) groups is 1. The normalized spacial score (nSPS) is 11.7. The molecule has 0 spiro atoms. The molecule has 5 nitrogen and oxygen atoms in total. The van der Waals surface area contributed by atoms with Crippen molar-refractivity contribution < 1.29 is 9.84 Å². The quantitative estimate of drug-likeness (QED) is 0.290. The van der Waals surface area contributed by atoms with Crippen LogP contribution in [0.25, 0.3) is 0 Å². The summed E-state index contributed by atoms with van der Waals surface area (Å²) >= 11 is 0. The number of nitrogens with one attached hydrogen (secondary N) is 1. The van der Waals surface area contributed by atoms with E-state index in [0.29, 0.717) is 6.61 Å². The second kappa shape index (κ2) is 14.1. The maximum Gasteiger partial charge on any atom is 0.193 e. The first kappa shape index (κ1) is 25.0. The van der Waals surface area contributed by atoms with E-state index in [1.54, 1.807) is 0 Å². The Morgan fingerprint density at radius 2 is 1.85 bits per heavy atom. The minimum Gasteiger partial charge on any atom is -0.492 e. The minimum absolute atomic E-state index is 0. The molecule has 0 fully saturated rings. The van der Waals surface area contributed by atoms with E-state index in [1.807, 2.05) is 37.4 Å². The van der Waals surface area contributed by atoms with Gasteiger partial charge in [0.1, 0.15) is 12.4 Å². The van der Waals surface area contributed by atoms with Crippen molar-refractivity contribution in [3.8, 4) is 5.75 Å². The van der Waals surface area contributed by atoms with Gasteiger partial charge >= 0.3 is 0 Å². The van der Waals surface area contributed by atoms with E-state index in [0.717, 1.165) is 50.6 Å². The van der Waals surface area contributed by atoms with Crippen molar-refractivity contribution in [3.63, 3.8) is 0 Å². The second-order valence-corrected chi connectivity index (χ2v) is 6.43. The molecule has 26 heavy (non-hydrogen) atoms. The molecular weight excluding hydrogens is 441 g/mol. The Labute approximate surface area is 176 Å². The highest BCUT2D eigenvalue weighted by atomic mass is 127. The molecule has 0 aromatic heterocycles. The van der Waals surface area contributed by atoms with Crippen molar-refractivity contribution in [2.45, 2.75) is 40.0 Å². The van der Waals surface area contributed by atoms with E-state index in [4.69, 9.17) is 9.73 Å². The fourth-order valence-electron chi connectivity index (χ4n) is 2.78. The highest BCUT2D eigenvalue weighted by Crippen LogP contribution is 2.30. The SMILES string of the molecule is CCNC(=NCC(CC)(CC)CCO)N(C)CCOc1ccccc1.I. The van der Waals surface area contributed by atoms with Crippen molar-refractivity contribution in [2.24, 2.45) is 10.4 Å². The van der Waals surface area contributed by atoms with Gasteiger partial charge in [-0.15, -0.1) is 24.0 Å². The van der Waals surface area contributed by atoms with Crippen LogP contribution in [0.5, 0.6) is 5.75 Å². The van der Waals surface area contributed by atoms with Crippen molar-refractivity contribution in [2.75, 3.05) is 39.9 Å². The molecule has 0 amide bonds. The predicted molar refractivity (Wildman–Crippen MR) is 121 cm³/mol. The van der Waals surface area contributed by atoms with Gasteiger partial charge in [-0.05, 0) is 43.7 Å². The van der Waals surface area contributed by atoms with E-state index in [2.05, 4.69) is 31.0 Å². The van der Waals surface area contributed by atoms with Crippen molar-refractivity contribution in [3.05, 3.63) is 30.3 Å². The van der Waals surface area contributed by atoms with Gasteiger partial charge in [0.15, 0.2) is 5.96 Å². The number of guanidine groups is 1. The van der Waals surface area contributed by atoms with Crippen LogP contribution >= 0.6 is 24.0 Å². The molecule has 0 unspecified atom stereocenters. The second-order valence-electron chi connectivity index (χ2n) is 6.43. The number of para-hydroxylation sites is 1. The Kier molecular flexibility index (Phi) is 13.5. The lowest BCUT2D eigenvalue weighted by Crippen LogP contribution is -2.41. The summed E-state index contributed by atoms with van der Waals surface area (Å²) in [6.45, 7) is 9.57. The number of likely N-dealkylation sites (N-methyl/N-ethyl adjacent to an activating group) is 1. The van der Waals surface area contributed by atoms with Crippen LogP contribution in [0.15, 0.2) is 35.3 Å². The molecule has 0 saturated heterocycles. The Bertz CT molecular complexity index is 493. The Morgan fingerprint density at radius 3 is 2.38 bits per heavy atom. The van der Waals surface area contributed by atoms with Gasteiger partial charge in [-0.2, -0.15) is 0 Å². The first-order chi connectivity index (χ1) is 12.1. The summed E-state index contributed by atoms with van der Waals surface area (Å²) in [5.41, 5.74) is 0.0802. The molecule has 0 aliphatic rings. The van der Waals surface area contributed by atoms with Crippen LogP contribution in [-0.4, -0.2) is 55.9 Å². The number of ether oxygens (including phenoxy) is 1. The predicted octanol–water partition coefficient (Wildman–Crippen LogP) is 3.77. The first-order valence-electron chi connectivity index (χ1n) is 9.39. The number of halogens is 1. The Morgan fingerprint density at radius 1 is 1.19 bits per heavy atom. The zero-order valence-corrected chi connectivity index (χ0v) is 19.0. The van der Waals surface area contributed by atoms with Gasteiger partial charge in [-0.3, -0.25) is 4.99 Å². The number of aliphatic hydroxyl groups excluding tert-OH is 1. The highest BCUT2D eigenvalue weighted by molar-refractivity contribution is 14.0. The van der Waals surface area contributed by atoms with E-state index in [-0.39, 0.29) is 36.0 Å². The molecule has 0 atom stereocenters. The summed E-state index contributed by atoms with van der Waals surface area (Å²) in [6.07, 6.45) is 2.84. The van der Waals surface area contributed by atoms with Crippen LogP contribution < -0.4 is 10.1 Å². The smallest absolute Gasteiger partial charge is 0.193 e. The molecule has 0 heterocycles. The summed E-state index contributed by atoms with van der Waals surface area (Å²) in [4.78, 5) is 6.94. The number of rotatable bonds is 11. The molecule has 0 aliphatic carbocycles. The van der Waals surface area contributed by atoms with Crippen LogP contribution in [0.4, 0.5) is 0 Å². The van der Waals surface area contributed by atoms with Gasteiger partial charge in [0, 0.05) is 26.7 Å². The van der Waals surface area contributed by atoms with Gasteiger partial charge in [0.2, 0.25) is 0 Å². The third kappa shape index (κ3) is 8.58. The summed E-state index contributed by atoms with van der Waals surface area (Å²) in [6, 6.07) is 9.85. The minimum atomic E-state index is 0. The Balaban J connectivity index is 0.00000625. The first-order valence-corrected chi connectivity index (χ1v) is 9.39. The maximum absolute atomic E-state index is 9.38. The third-order valence-corrected chi connectivity index (χ3v) is 4.84. The molecule has 1 rings (SSSR count). The van der Waals surface area contributed by atoms with Crippen LogP contribution in [0.3, 0.4) is 0 Å². The molecule has 0 radical (unpaired) electrons. The van der Waals surface area contributed by atoms with E-state index in [1.165, 1.54) is 0 Å². The standard InChI is InChI=1S/C20H35N3O2.HI/c1-5-20(6-2,13-15-24)17-22-19(21-7-3)23(4)14-16-25-18-11-9-8-10-12-18;/h8-12,24H,5-7,13-17H2,1-4H3,(H,21,22);1H. The fraction of sp³-hybridized carbons (Fsp3) is 0.650. The van der Waals surface area contributed by atoms with Crippen molar-refractivity contribution in [1.29, 1.82) is 0 Å². The van der Waals surface area contributed by atoms with Gasteiger partial charge in [-0.1, -0.05) is 32.0 Å². The molecule has 1 aromatic carbocycles. The molecule has 2 N–H and O–H groups in total. The lowest BCUT2D eigenvalue weighted by atomic mass is 9.79. The van der Waals surface area contributed by atoms with Gasteiger partial charge in [0.05, 0.1) is 6.54 Å². The van der Waals surface area contributed by atoms with Crippen LogP contribution in [0.2, 0.25) is 0 Å². The average Bonchev–Trinajstić information content (AvgIpc) is 2.65. The summed E-state index contributed by atoms with van der Waals surface area (Å²) in [5, 5.41) is 12.7. The van der Waals surface area contributed by atoms with Gasteiger partial charge in [-0.25, -0.2) is 0 Å². The number of aliphatic hydroxyl groups is 1. The summed E-state index contributed by atoms with van der Waals surface area (Å²) < 4.78 is 5.77. The fourth-order valence-corrected chi connectivity index (χ4v) is 2.78. The van der Waals surface area contributed by atoms with Crippen molar-refractivity contribution in [1.82, 2.24) is 10.2 Å². The van der Waals surface area contributed by atoms with E-state index >= 15 is 0 Å². The molecule has 150 valence electrons. The van der Waals surface area contributed by atoms with Crippen molar-refractivity contribution >= 4 is 29.9 Å². The van der Waals surface area contributed by atoms with Gasteiger partial charge in [0.25, 0.3) is 0 Å². The van der Waals surface area contributed by atoms with E-state index < -0.39 is 0 Å². The average molecular weight is 477 g/mol. The highest BCUT2D eigenvalue weighted by Gasteiger charge is 2.25. The molecule has 1 aromatic rings. The molecule has 0 saturated carbocycles. The topological polar surface area (TPSA) is 57.1 Å². The summed E-state index contributed by atoms with van der Waals surface area (Å²) in [5.74, 6) is 1.78. The number of hydrogen-bond acceptors (Lipinski definition) is 3. The number of hydrogen-bond donors (Lipinski definition) is 2. The molecular formula is C20H36IN3O2. The summed E-state index contributed by atoms with van der Waals surface area (Å²) in [7, 11) is 2.03. The van der Waals surface area contributed by atoms with Crippen LogP contribution in [-0.2, 0) is 0 Å². The molecule has 0 bridgehead atoms. The molecule has 6 heteroatoms. The maximum atomic E-state index is 9.38. The largest absolute Gasteiger partial charge is 0.492 e. The Hall–Kier alpha value is -1.02. The molecule has 0 aliphatic heterocycles. The monoisotopic (exact) mass is 477 g/mol. The van der Waals surface area contributed by atoms with Gasteiger partial charge < -0.3 is 20.1 Å².